The van der Waals surface area contributed by atoms with Crippen molar-refractivity contribution in [3.8, 4) is 0 Å². The number of benzene rings is 1. The molecule has 0 N–H and O–H groups in total. The molecule has 1 aromatic heterocycles. The van der Waals surface area contributed by atoms with Crippen LogP contribution in [0.2, 0.25) is 6.32 Å². The third-order valence-corrected chi connectivity index (χ3v) is 4.11. The standard InChI is InChI=1S/C14H19BN2S2/c1-18-8-13-14(9-19-2)17-12-7-10(5-6-15)3-4-11(12)16-13/h3-4,7H,5-6,8-9,15H2,1-2H3. The Kier molecular flexibility index (Phi) is 5.58. The summed E-state index contributed by atoms with van der Waals surface area (Å²) in [7, 11) is 2.20. The lowest BCUT2D eigenvalue weighted by atomic mass is 9.97. The van der Waals surface area contributed by atoms with Gasteiger partial charge in [0.1, 0.15) is 7.85 Å². The van der Waals surface area contributed by atoms with Crippen LogP contribution in [-0.4, -0.2) is 30.3 Å². The molecule has 0 spiro atoms. The molecule has 0 bridgehead atoms. The first kappa shape index (κ1) is 14.7. The maximum Gasteiger partial charge on any atom is 0.101 e. The van der Waals surface area contributed by atoms with Gasteiger partial charge >= 0.3 is 0 Å². The summed E-state index contributed by atoms with van der Waals surface area (Å²) >= 11 is 3.61. The Labute approximate surface area is 124 Å². The Morgan fingerprint density at radius 2 is 1.63 bits per heavy atom. The number of nitrogens with zero attached hydrogens (tertiary/aromatic N) is 2. The highest BCUT2D eigenvalue weighted by atomic mass is 32.2. The highest BCUT2D eigenvalue weighted by Gasteiger charge is 2.08. The van der Waals surface area contributed by atoms with Gasteiger partial charge in [-0.2, -0.15) is 23.5 Å². The Hall–Kier alpha value is -0.675. The van der Waals surface area contributed by atoms with Crippen LogP contribution in [0.3, 0.4) is 0 Å². The first-order valence-corrected chi connectivity index (χ1v) is 9.33. The average molecular weight is 290 g/mol. The van der Waals surface area contributed by atoms with E-state index >= 15 is 0 Å². The van der Waals surface area contributed by atoms with Crippen LogP contribution in [0.4, 0.5) is 0 Å². The molecule has 0 amide bonds. The van der Waals surface area contributed by atoms with Crippen LogP contribution in [0.1, 0.15) is 17.0 Å². The highest BCUT2D eigenvalue weighted by molar-refractivity contribution is 7.98. The van der Waals surface area contributed by atoms with Crippen LogP contribution in [0.15, 0.2) is 18.2 Å². The predicted molar refractivity (Wildman–Crippen MR) is 91.0 cm³/mol. The largest absolute Gasteiger partial charge is 0.248 e. The summed E-state index contributed by atoms with van der Waals surface area (Å²) < 4.78 is 0. The van der Waals surface area contributed by atoms with Crippen LogP contribution in [-0.2, 0) is 17.9 Å². The summed E-state index contributed by atoms with van der Waals surface area (Å²) in [5.41, 5.74) is 5.70. The molecule has 2 nitrogen and oxygen atoms in total. The Morgan fingerprint density at radius 1 is 1.00 bits per heavy atom. The molecule has 0 unspecified atom stereocenters. The van der Waals surface area contributed by atoms with Crippen molar-refractivity contribution in [3.05, 3.63) is 35.2 Å². The first-order valence-electron chi connectivity index (χ1n) is 6.54. The molecule has 2 rings (SSSR count). The molecule has 0 aliphatic heterocycles. The second kappa shape index (κ2) is 7.20. The van der Waals surface area contributed by atoms with Gasteiger partial charge in [-0.1, -0.05) is 12.4 Å². The maximum atomic E-state index is 4.83. The monoisotopic (exact) mass is 290 g/mol. The van der Waals surface area contributed by atoms with Gasteiger partial charge in [0.2, 0.25) is 0 Å². The molecule has 0 radical (unpaired) electrons. The van der Waals surface area contributed by atoms with Crippen LogP contribution >= 0.6 is 23.5 Å². The molecule has 0 saturated carbocycles. The summed E-state index contributed by atoms with van der Waals surface area (Å²) in [6.45, 7) is 0. The minimum Gasteiger partial charge on any atom is -0.248 e. The van der Waals surface area contributed by atoms with E-state index in [1.165, 1.54) is 11.9 Å². The predicted octanol–water partition coefficient (Wildman–Crippen LogP) is 2.95. The lowest BCUT2D eigenvalue weighted by Crippen LogP contribution is -2.01. The van der Waals surface area contributed by atoms with E-state index in [1.807, 2.05) is 0 Å². The van der Waals surface area contributed by atoms with Crippen molar-refractivity contribution in [2.75, 3.05) is 12.5 Å². The van der Waals surface area contributed by atoms with Crippen molar-refractivity contribution in [2.45, 2.75) is 24.2 Å². The summed E-state index contributed by atoms with van der Waals surface area (Å²) in [6.07, 6.45) is 6.50. The van der Waals surface area contributed by atoms with Crippen LogP contribution < -0.4 is 0 Å². The summed E-state index contributed by atoms with van der Waals surface area (Å²) in [5, 5.41) is 0. The summed E-state index contributed by atoms with van der Waals surface area (Å²) in [5.74, 6) is 1.88. The first-order chi connectivity index (χ1) is 9.28. The van der Waals surface area contributed by atoms with Gasteiger partial charge in [-0.3, -0.25) is 0 Å². The molecule has 5 heteroatoms. The molecule has 0 aliphatic carbocycles. The zero-order valence-electron chi connectivity index (χ0n) is 11.8. The number of hydrogen-bond acceptors (Lipinski definition) is 4. The zero-order valence-corrected chi connectivity index (χ0v) is 13.4. The van der Waals surface area contributed by atoms with Gasteiger partial charge < -0.3 is 0 Å². The molecule has 1 aromatic carbocycles. The zero-order chi connectivity index (χ0) is 13.7. The molecular weight excluding hydrogens is 271 g/mol. The maximum absolute atomic E-state index is 4.83. The van der Waals surface area contributed by atoms with E-state index in [9.17, 15) is 0 Å². The van der Waals surface area contributed by atoms with E-state index in [4.69, 9.17) is 9.97 Å². The fourth-order valence-electron chi connectivity index (χ4n) is 2.12. The number of aromatic nitrogens is 2. The molecule has 2 aromatic rings. The van der Waals surface area contributed by atoms with Gasteiger partial charge in [-0.25, -0.2) is 9.97 Å². The van der Waals surface area contributed by atoms with Gasteiger partial charge in [-0.05, 0) is 36.6 Å². The Bertz CT molecular complexity index is 560. The van der Waals surface area contributed by atoms with E-state index in [0.29, 0.717) is 0 Å². The normalized spacial score (nSPS) is 11.1. The molecular formula is C14H19BN2S2. The van der Waals surface area contributed by atoms with Crippen LogP contribution in [0, 0.1) is 0 Å². The molecule has 0 aliphatic rings. The minimum absolute atomic E-state index is 0.940. The van der Waals surface area contributed by atoms with Gasteiger partial charge in [0.15, 0.2) is 0 Å². The number of thioether (sulfide) groups is 2. The Morgan fingerprint density at radius 3 is 2.21 bits per heavy atom. The second-order valence-electron chi connectivity index (χ2n) is 4.56. The van der Waals surface area contributed by atoms with Crippen molar-refractivity contribution in [1.29, 1.82) is 0 Å². The molecule has 1 heterocycles. The van der Waals surface area contributed by atoms with Gasteiger partial charge in [0.25, 0.3) is 0 Å². The number of rotatable bonds is 6. The van der Waals surface area contributed by atoms with E-state index < -0.39 is 0 Å². The molecule has 0 saturated heterocycles. The van der Waals surface area contributed by atoms with Crippen molar-refractivity contribution < 1.29 is 0 Å². The number of fused-ring (bicyclic) bond motifs is 1. The lowest BCUT2D eigenvalue weighted by molar-refractivity contribution is 1.06. The van der Waals surface area contributed by atoms with E-state index in [2.05, 4.69) is 38.6 Å². The minimum atomic E-state index is 0.940. The van der Waals surface area contributed by atoms with Crippen LogP contribution in [0.5, 0.6) is 0 Å². The quantitative estimate of drug-likeness (QED) is 0.764. The lowest BCUT2D eigenvalue weighted by Gasteiger charge is -2.09. The topological polar surface area (TPSA) is 25.8 Å². The smallest absolute Gasteiger partial charge is 0.101 e. The van der Waals surface area contributed by atoms with E-state index in [0.717, 1.165) is 40.3 Å². The summed E-state index contributed by atoms with van der Waals surface area (Å²) in [6, 6.07) is 6.48. The number of aryl methyl sites for hydroxylation is 1. The SMILES string of the molecule is BCCc1ccc2nc(CSC)c(CSC)nc2c1. The molecule has 0 fully saturated rings. The Balaban J connectivity index is 2.46. The van der Waals surface area contributed by atoms with Crippen LogP contribution in [0.25, 0.3) is 11.0 Å². The van der Waals surface area contributed by atoms with E-state index in [1.54, 1.807) is 23.5 Å². The molecule has 19 heavy (non-hydrogen) atoms. The van der Waals surface area contributed by atoms with Gasteiger partial charge in [-0.15, -0.1) is 0 Å². The fourth-order valence-corrected chi connectivity index (χ4v) is 3.13. The average Bonchev–Trinajstić information content (AvgIpc) is 2.40. The molecule has 100 valence electrons. The van der Waals surface area contributed by atoms with Crippen molar-refractivity contribution in [3.63, 3.8) is 0 Å². The van der Waals surface area contributed by atoms with Gasteiger partial charge in [0, 0.05) is 11.5 Å². The fraction of sp³-hybridized carbons (Fsp3) is 0.429. The van der Waals surface area contributed by atoms with Crippen molar-refractivity contribution in [2.24, 2.45) is 0 Å². The van der Waals surface area contributed by atoms with Crippen molar-refractivity contribution in [1.82, 2.24) is 9.97 Å². The third-order valence-electron chi connectivity index (χ3n) is 2.98. The highest BCUT2D eigenvalue weighted by Crippen LogP contribution is 2.21. The number of hydrogen-bond donors (Lipinski definition) is 0. The third kappa shape index (κ3) is 3.66. The van der Waals surface area contributed by atoms with Gasteiger partial charge in [0.05, 0.1) is 22.4 Å². The second-order valence-corrected chi connectivity index (χ2v) is 6.29. The van der Waals surface area contributed by atoms with E-state index in [-0.39, 0.29) is 0 Å². The van der Waals surface area contributed by atoms with Crippen molar-refractivity contribution >= 4 is 42.4 Å². The molecule has 0 atom stereocenters. The summed E-state index contributed by atoms with van der Waals surface area (Å²) in [4.78, 5) is 9.62.